The van der Waals surface area contributed by atoms with Crippen LogP contribution in [-0.4, -0.2) is 32.7 Å². The summed E-state index contributed by atoms with van der Waals surface area (Å²) in [5, 5.41) is 6.05. The number of ether oxygens (including phenoxy) is 1. The standard InChI is InChI=1S/C14H21BrN2O2/c1-11-3-4-12(13(15)9-11)10-16-6-5-14(18)17-7-8-19-2/h3-4,9,16H,5-8,10H2,1-2H3,(H,17,18). The van der Waals surface area contributed by atoms with Crippen LogP contribution in [0.4, 0.5) is 0 Å². The number of rotatable bonds is 8. The van der Waals surface area contributed by atoms with E-state index in [0.717, 1.165) is 11.0 Å². The van der Waals surface area contributed by atoms with Crippen LogP contribution in [0.1, 0.15) is 17.5 Å². The third kappa shape index (κ3) is 6.71. The molecule has 0 aliphatic heterocycles. The Labute approximate surface area is 123 Å². The van der Waals surface area contributed by atoms with Crippen molar-refractivity contribution in [3.8, 4) is 0 Å². The van der Waals surface area contributed by atoms with E-state index in [1.807, 2.05) is 0 Å². The minimum absolute atomic E-state index is 0.0486. The van der Waals surface area contributed by atoms with Gasteiger partial charge in [0.2, 0.25) is 5.91 Å². The van der Waals surface area contributed by atoms with Gasteiger partial charge in [-0.1, -0.05) is 28.1 Å². The molecule has 0 radical (unpaired) electrons. The van der Waals surface area contributed by atoms with Crippen LogP contribution in [0.3, 0.4) is 0 Å². The quantitative estimate of drug-likeness (QED) is 0.717. The Kier molecular flexibility index (Phi) is 7.70. The fourth-order valence-corrected chi connectivity index (χ4v) is 2.24. The molecule has 19 heavy (non-hydrogen) atoms. The molecule has 1 aromatic carbocycles. The highest BCUT2D eigenvalue weighted by Gasteiger charge is 2.02. The average molecular weight is 329 g/mol. The summed E-state index contributed by atoms with van der Waals surface area (Å²) in [5.74, 6) is 0.0486. The summed E-state index contributed by atoms with van der Waals surface area (Å²) in [4.78, 5) is 11.4. The molecule has 0 aliphatic rings. The van der Waals surface area contributed by atoms with Gasteiger partial charge in [-0.3, -0.25) is 4.79 Å². The molecule has 1 rings (SSSR count). The molecular weight excluding hydrogens is 308 g/mol. The number of hydrogen-bond acceptors (Lipinski definition) is 3. The second-order valence-electron chi connectivity index (χ2n) is 4.36. The lowest BCUT2D eigenvalue weighted by molar-refractivity contribution is -0.121. The molecular formula is C14H21BrN2O2. The number of carbonyl (C=O) groups excluding carboxylic acids is 1. The summed E-state index contributed by atoms with van der Waals surface area (Å²) < 4.78 is 5.96. The van der Waals surface area contributed by atoms with Crippen LogP contribution in [0.15, 0.2) is 22.7 Å². The van der Waals surface area contributed by atoms with Crippen molar-refractivity contribution in [3.05, 3.63) is 33.8 Å². The van der Waals surface area contributed by atoms with E-state index in [1.165, 1.54) is 11.1 Å². The Morgan fingerprint density at radius 1 is 1.37 bits per heavy atom. The van der Waals surface area contributed by atoms with E-state index in [-0.39, 0.29) is 5.91 Å². The summed E-state index contributed by atoms with van der Waals surface area (Å²) >= 11 is 3.54. The number of halogens is 1. The van der Waals surface area contributed by atoms with Gasteiger partial charge in [-0.2, -0.15) is 0 Å². The van der Waals surface area contributed by atoms with Gasteiger partial charge in [0.25, 0.3) is 0 Å². The molecule has 0 atom stereocenters. The molecule has 2 N–H and O–H groups in total. The largest absolute Gasteiger partial charge is 0.383 e. The zero-order valence-electron chi connectivity index (χ0n) is 11.5. The second kappa shape index (κ2) is 9.07. The molecule has 0 bridgehead atoms. The van der Waals surface area contributed by atoms with Crippen LogP contribution in [0.2, 0.25) is 0 Å². The number of hydrogen-bond donors (Lipinski definition) is 2. The predicted molar refractivity (Wildman–Crippen MR) is 80.1 cm³/mol. The first kappa shape index (κ1) is 16.1. The molecule has 0 aromatic heterocycles. The normalized spacial score (nSPS) is 10.5. The Hall–Kier alpha value is -0.910. The smallest absolute Gasteiger partial charge is 0.221 e. The van der Waals surface area contributed by atoms with Gasteiger partial charge < -0.3 is 15.4 Å². The number of nitrogens with one attached hydrogen (secondary N) is 2. The van der Waals surface area contributed by atoms with Crippen LogP contribution < -0.4 is 10.6 Å². The highest BCUT2D eigenvalue weighted by Crippen LogP contribution is 2.17. The van der Waals surface area contributed by atoms with Gasteiger partial charge in [0, 0.05) is 37.6 Å². The molecule has 0 saturated heterocycles. The maximum Gasteiger partial charge on any atom is 0.221 e. The lowest BCUT2D eigenvalue weighted by atomic mass is 10.1. The topological polar surface area (TPSA) is 50.4 Å². The van der Waals surface area contributed by atoms with Gasteiger partial charge in [0.15, 0.2) is 0 Å². The van der Waals surface area contributed by atoms with Crippen molar-refractivity contribution in [2.45, 2.75) is 19.9 Å². The van der Waals surface area contributed by atoms with E-state index in [4.69, 9.17) is 4.74 Å². The van der Waals surface area contributed by atoms with Crippen molar-refractivity contribution in [2.75, 3.05) is 26.8 Å². The summed E-state index contributed by atoms with van der Waals surface area (Å²) in [6.07, 6.45) is 0.479. The summed E-state index contributed by atoms with van der Waals surface area (Å²) in [7, 11) is 1.62. The van der Waals surface area contributed by atoms with E-state index < -0.39 is 0 Å². The SMILES string of the molecule is COCCNC(=O)CCNCc1ccc(C)cc1Br. The highest BCUT2D eigenvalue weighted by molar-refractivity contribution is 9.10. The van der Waals surface area contributed by atoms with Crippen LogP contribution in [-0.2, 0) is 16.1 Å². The first-order valence-electron chi connectivity index (χ1n) is 6.35. The molecule has 5 heteroatoms. The van der Waals surface area contributed by atoms with Gasteiger partial charge in [-0.25, -0.2) is 0 Å². The van der Waals surface area contributed by atoms with Crippen LogP contribution in [0.5, 0.6) is 0 Å². The van der Waals surface area contributed by atoms with E-state index in [1.54, 1.807) is 7.11 Å². The molecule has 0 aliphatic carbocycles. The van der Waals surface area contributed by atoms with Crippen molar-refractivity contribution in [1.82, 2.24) is 10.6 Å². The molecule has 1 aromatic rings. The first-order chi connectivity index (χ1) is 9.13. The zero-order chi connectivity index (χ0) is 14.1. The molecule has 0 saturated carbocycles. The Morgan fingerprint density at radius 3 is 2.84 bits per heavy atom. The van der Waals surface area contributed by atoms with Crippen LogP contribution in [0.25, 0.3) is 0 Å². The minimum atomic E-state index is 0.0486. The van der Waals surface area contributed by atoms with E-state index in [9.17, 15) is 4.79 Å². The van der Waals surface area contributed by atoms with Crippen LogP contribution >= 0.6 is 15.9 Å². The predicted octanol–water partition coefficient (Wildman–Crippen LogP) is 2.00. The molecule has 1 amide bonds. The maximum atomic E-state index is 11.4. The number of aryl methyl sites for hydroxylation is 1. The van der Waals surface area contributed by atoms with E-state index in [2.05, 4.69) is 51.7 Å². The third-order valence-corrected chi connectivity index (χ3v) is 3.42. The van der Waals surface area contributed by atoms with Crippen molar-refractivity contribution >= 4 is 21.8 Å². The third-order valence-electron chi connectivity index (χ3n) is 2.68. The zero-order valence-corrected chi connectivity index (χ0v) is 13.0. The Morgan fingerprint density at radius 2 is 2.16 bits per heavy atom. The Bertz CT molecular complexity index is 410. The molecule has 106 valence electrons. The fraction of sp³-hybridized carbons (Fsp3) is 0.500. The lowest BCUT2D eigenvalue weighted by Gasteiger charge is -2.08. The summed E-state index contributed by atoms with van der Waals surface area (Å²) in [5.41, 5.74) is 2.43. The maximum absolute atomic E-state index is 11.4. The molecule has 0 spiro atoms. The number of methoxy groups -OCH3 is 1. The van der Waals surface area contributed by atoms with Gasteiger partial charge in [0.05, 0.1) is 6.61 Å². The second-order valence-corrected chi connectivity index (χ2v) is 5.22. The molecule has 0 unspecified atom stereocenters. The number of carbonyl (C=O) groups is 1. The molecule has 4 nitrogen and oxygen atoms in total. The van der Waals surface area contributed by atoms with E-state index >= 15 is 0 Å². The number of amides is 1. The number of benzene rings is 1. The van der Waals surface area contributed by atoms with Crippen molar-refractivity contribution in [3.63, 3.8) is 0 Å². The monoisotopic (exact) mass is 328 g/mol. The van der Waals surface area contributed by atoms with Crippen molar-refractivity contribution in [1.29, 1.82) is 0 Å². The fourth-order valence-electron chi connectivity index (χ4n) is 1.60. The van der Waals surface area contributed by atoms with Crippen molar-refractivity contribution in [2.24, 2.45) is 0 Å². The summed E-state index contributed by atoms with van der Waals surface area (Å²) in [6, 6.07) is 6.26. The first-order valence-corrected chi connectivity index (χ1v) is 7.14. The van der Waals surface area contributed by atoms with Gasteiger partial charge in [-0.05, 0) is 24.1 Å². The van der Waals surface area contributed by atoms with Gasteiger partial charge in [-0.15, -0.1) is 0 Å². The Balaban J connectivity index is 2.18. The minimum Gasteiger partial charge on any atom is -0.383 e. The van der Waals surface area contributed by atoms with Gasteiger partial charge >= 0.3 is 0 Å². The van der Waals surface area contributed by atoms with Gasteiger partial charge in [0.1, 0.15) is 0 Å². The summed E-state index contributed by atoms with van der Waals surface area (Å²) in [6.45, 7) is 4.60. The highest BCUT2D eigenvalue weighted by atomic mass is 79.9. The lowest BCUT2D eigenvalue weighted by Crippen LogP contribution is -2.29. The van der Waals surface area contributed by atoms with E-state index in [0.29, 0.717) is 26.1 Å². The van der Waals surface area contributed by atoms with Crippen molar-refractivity contribution < 1.29 is 9.53 Å². The van der Waals surface area contributed by atoms with Crippen LogP contribution in [0, 0.1) is 6.92 Å². The molecule has 0 fully saturated rings. The molecule has 0 heterocycles. The average Bonchev–Trinajstić information content (AvgIpc) is 2.37.